The van der Waals surface area contributed by atoms with Crippen LogP contribution in [0.25, 0.3) is 0 Å². The topological polar surface area (TPSA) is 48.9 Å². The largest absolute Gasteiger partial charge is 0.385 e. The zero-order valence-electron chi connectivity index (χ0n) is 14.3. The van der Waals surface area contributed by atoms with Crippen LogP contribution in [-0.2, 0) is 4.74 Å². The van der Waals surface area contributed by atoms with E-state index < -0.39 is 11.6 Å². The maximum Gasteiger partial charge on any atom is 0.190 e. The van der Waals surface area contributed by atoms with Crippen LogP contribution in [0.2, 0.25) is 0 Å². The Morgan fingerprint density at radius 3 is 2.88 bits per heavy atom. The lowest BCUT2D eigenvalue weighted by Crippen LogP contribution is -2.40. The summed E-state index contributed by atoms with van der Waals surface area (Å²) in [6.07, 6.45) is 1.93. The van der Waals surface area contributed by atoms with Gasteiger partial charge in [0.1, 0.15) is 0 Å². The van der Waals surface area contributed by atoms with Gasteiger partial charge in [0.05, 0.1) is 0 Å². The van der Waals surface area contributed by atoms with E-state index >= 15 is 0 Å². The fraction of sp³-hybridized carbons (Fsp3) is 0.588. The van der Waals surface area contributed by atoms with Crippen LogP contribution in [0.15, 0.2) is 23.2 Å². The number of anilines is 1. The molecule has 1 aromatic rings. The Balaban J connectivity index is 1.75. The highest BCUT2D eigenvalue weighted by atomic mass is 19.2. The standard InChI is InChI=1S/C17H26F2N4O/c1-20-17(21-7-3-9-24-2)22-11-13-6-8-23(12-13)14-4-5-15(18)16(19)10-14/h4-5,10,13H,3,6-9,11-12H2,1-2H3,(H2,20,21,22). The molecule has 1 aromatic carbocycles. The highest BCUT2D eigenvalue weighted by molar-refractivity contribution is 5.79. The quantitative estimate of drug-likeness (QED) is 0.453. The zero-order valence-corrected chi connectivity index (χ0v) is 14.3. The molecule has 0 saturated carbocycles. The Morgan fingerprint density at radius 1 is 1.33 bits per heavy atom. The molecule has 0 aliphatic carbocycles. The molecule has 2 N–H and O–H groups in total. The van der Waals surface area contributed by atoms with E-state index in [0.717, 1.165) is 57.3 Å². The molecule has 2 rings (SSSR count). The monoisotopic (exact) mass is 340 g/mol. The van der Waals surface area contributed by atoms with Crippen molar-refractivity contribution in [1.29, 1.82) is 0 Å². The van der Waals surface area contributed by atoms with Crippen LogP contribution >= 0.6 is 0 Å². The highest BCUT2D eigenvalue weighted by Gasteiger charge is 2.23. The van der Waals surface area contributed by atoms with E-state index in [9.17, 15) is 8.78 Å². The molecule has 7 heteroatoms. The number of nitrogens with one attached hydrogen (secondary N) is 2. The van der Waals surface area contributed by atoms with Gasteiger partial charge in [0.2, 0.25) is 0 Å². The minimum absolute atomic E-state index is 0.440. The molecule has 0 aromatic heterocycles. The molecule has 0 amide bonds. The Hall–Kier alpha value is -1.89. The maximum absolute atomic E-state index is 13.4. The highest BCUT2D eigenvalue weighted by Crippen LogP contribution is 2.24. The van der Waals surface area contributed by atoms with Crippen molar-refractivity contribution in [3.63, 3.8) is 0 Å². The zero-order chi connectivity index (χ0) is 17.4. The third-order valence-electron chi connectivity index (χ3n) is 4.15. The summed E-state index contributed by atoms with van der Waals surface area (Å²) in [5.74, 6) is -0.387. The SMILES string of the molecule is CN=C(NCCCOC)NCC1CCN(c2ccc(F)c(F)c2)C1. The van der Waals surface area contributed by atoms with Crippen molar-refractivity contribution in [1.82, 2.24) is 10.6 Å². The molecule has 1 aliphatic heterocycles. The summed E-state index contributed by atoms with van der Waals surface area (Å²) in [7, 11) is 3.43. The molecule has 24 heavy (non-hydrogen) atoms. The molecule has 1 aliphatic rings. The molecule has 5 nitrogen and oxygen atoms in total. The van der Waals surface area contributed by atoms with Gasteiger partial charge < -0.3 is 20.3 Å². The lowest BCUT2D eigenvalue weighted by molar-refractivity contribution is 0.195. The molecule has 1 fully saturated rings. The van der Waals surface area contributed by atoms with Gasteiger partial charge in [-0.15, -0.1) is 0 Å². The predicted molar refractivity (Wildman–Crippen MR) is 92.5 cm³/mol. The summed E-state index contributed by atoms with van der Waals surface area (Å²) >= 11 is 0. The molecule has 1 heterocycles. The van der Waals surface area contributed by atoms with E-state index in [1.807, 2.05) is 0 Å². The van der Waals surface area contributed by atoms with Crippen molar-refractivity contribution in [3.8, 4) is 0 Å². The second kappa shape index (κ2) is 9.42. The van der Waals surface area contributed by atoms with Gasteiger partial charge in [-0.3, -0.25) is 4.99 Å². The predicted octanol–water partition coefficient (Wildman–Crippen LogP) is 1.99. The van der Waals surface area contributed by atoms with Gasteiger partial charge in [0, 0.05) is 58.7 Å². The third-order valence-corrected chi connectivity index (χ3v) is 4.15. The smallest absolute Gasteiger partial charge is 0.190 e. The summed E-state index contributed by atoms with van der Waals surface area (Å²) in [6, 6.07) is 4.08. The number of ether oxygens (including phenoxy) is 1. The molecule has 1 unspecified atom stereocenters. The number of methoxy groups -OCH3 is 1. The number of benzene rings is 1. The Bertz CT molecular complexity index is 553. The van der Waals surface area contributed by atoms with Crippen LogP contribution < -0.4 is 15.5 Å². The summed E-state index contributed by atoms with van der Waals surface area (Å²) in [5, 5.41) is 6.56. The van der Waals surface area contributed by atoms with Gasteiger partial charge in [-0.05, 0) is 30.9 Å². The number of aliphatic imine (C=N–C) groups is 1. The first kappa shape index (κ1) is 18.4. The molecule has 134 valence electrons. The first-order valence-electron chi connectivity index (χ1n) is 8.27. The van der Waals surface area contributed by atoms with Crippen molar-refractivity contribution in [2.24, 2.45) is 10.9 Å². The van der Waals surface area contributed by atoms with Gasteiger partial charge in [-0.1, -0.05) is 0 Å². The van der Waals surface area contributed by atoms with Crippen LogP contribution in [0, 0.1) is 17.6 Å². The van der Waals surface area contributed by atoms with Gasteiger partial charge in [-0.2, -0.15) is 0 Å². The third kappa shape index (κ3) is 5.33. The summed E-state index contributed by atoms with van der Waals surface area (Å²) < 4.78 is 31.4. The molecule has 0 radical (unpaired) electrons. The molecular formula is C17H26F2N4O. The molecule has 1 saturated heterocycles. The Morgan fingerprint density at radius 2 is 2.17 bits per heavy atom. The number of rotatable bonds is 7. The lowest BCUT2D eigenvalue weighted by Gasteiger charge is -2.19. The van der Waals surface area contributed by atoms with Crippen LogP contribution in [0.4, 0.5) is 14.5 Å². The minimum atomic E-state index is -0.806. The van der Waals surface area contributed by atoms with Crippen LogP contribution in [0.5, 0.6) is 0 Å². The second-order valence-electron chi connectivity index (χ2n) is 5.93. The maximum atomic E-state index is 13.4. The summed E-state index contributed by atoms with van der Waals surface area (Å²) in [5.41, 5.74) is 0.735. The molecular weight excluding hydrogens is 314 g/mol. The number of guanidine groups is 1. The Kier molecular flexibility index (Phi) is 7.24. The molecule has 1 atom stereocenters. The van der Waals surface area contributed by atoms with Crippen LogP contribution in [0.1, 0.15) is 12.8 Å². The number of halogens is 2. The van der Waals surface area contributed by atoms with E-state index in [1.165, 1.54) is 12.1 Å². The van der Waals surface area contributed by atoms with Crippen molar-refractivity contribution in [2.75, 3.05) is 51.8 Å². The minimum Gasteiger partial charge on any atom is -0.385 e. The first-order chi connectivity index (χ1) is 11.6. The van der Waals surface area contributed by atoms with Gasteiger partial charge in [0.15, 0.2) is 17.6 Å². The van der Waals surface area contributed by atoms with Crippen molar-refractivity contribution < 1.29 is 13.5 Å². The van der Waals surface area contributed by atoms with E-state index in [1.54, 1.807) is 20.2 Å². The fourth-order valence-electron chi connectivity index (χ4n) is 2.80. The van der Waals surface area contributed by atoms with Crippen molar-refractivity contribution >= 4 is 11.6 Å². The first-order valence-corrected chi connectivity index (χ1v) is 8.27. The van der Waals surface area contributed by atoms with Crippen molar-refractivity contribution in [3.05, 3.63) is 29.8 Å². The summed E-state index contributed by atoms with van der Waals surface area (Å²) in [6.45, 7) is 3.98. The summed E-state index contributed by atoms with van der Waals surface area (Å²) in [4.78, 5) is 6.28. The van der Waals surface area contributed by atoms with Gasteiger partial charge >= 0.3 is 0 Å². The lowest BCUT2D eigenvalue weighted by atomic mass is 10.1. The number of hydrogen-bond donors (Lipinski definition) is 2. The molecule has 0 bridgehead atoms. The number of hydrogen-bond acceptors (Lipinski definition) is 3. The fourth-order valence-corrected chi connectivity index (χ4v) is 2.80. The van der Waals surface area contributed by atoms with E-state index in [2.05, 4.69) is 20.5 Å². The van der Waals surface area contributed by atoms with Crippen LogP contribution in [-0.4, -0.2) is 52.9 Å². The normalized spacial score (nSPS) is 18.1. The average Bonchev–Trinajstić information content (AvgIpc) is 3.06. The van der Waals surface area contributed by atoms with Gasteiger partial charge in [0.25, 0.3) is 0 Å². The van der Waals surface area contributed by atoms with Gasteiger partial charge in [-0.25, -0.2) is 8.78 Å². The number of nitrogens with zero attached hydrogens (tertiary/aromatic N) is 2. The van der Waals surface area contributed by atoms with Crippen LogP contribution in [0.3, 0.4) is 0 Å². The average molecular weight is 340 g/mol. The molecule has 0 spiro atoms. The van der Waals surface area contributed by atoms with E-state index in [0.29, 0.717) is 5.92 Å². The van der Waals surface area contributed by atoms with E-state index in [4.69, 9.17) is 4.74 Å². The second-order valence-corrected chi connectivity index (χ2v) is 5.93. The van der Waals surface area contributed by atoms with Crippen molar-refractivity contribution in [2.45, 2.75) is 12.8 Å². The Labute approximate surface area is 142 Å². The van der Waals surface area contributed by atoms with E-state index in [-0.39, 0.29) is 0 Å².